The van der Waals surface area contributed by atoms with Gasteiger partial charge in [0.2, 0.25) is 0 Å². The van der Waals surface area contributed by atoms with E-state index in [0.29, 0.717) is 6.04 Å². The maximum Gasteiger partial charge on any atom is 0.0593 e. The standard InChI is InChI=1S/C16H24ClNO/c1-2-19-12-11-18(15-8-4-5-9-15)13-14-7-3-6-10-16(14)17/h3,6-7,10,15H,2,4-5,8-9,11-13H2,1H3. The van der Waals surface area contributed by atoms with Crippen molar-refractivity contribution in [2.45, 2.75) is 45.2 Å². The molecule has 1 aromatic carbocycles. The summed E-state index contributed by atoms with van der Waals surface area (Å²) in [6.45, 7) is 5.61. The molecule has 1 aliphatic rings. The Bertz CT molecular complexity index is 377. The van der Waals surface area contributed by atoms with Gasteiger partial charge in [0, 0.05) is 30.8 Å². The van der Waals surface area contributed by atoms with Gasteiger partial charge in [-0.15, -0.1) is 0 Å². The molecule has 2 rings (SSSR count). The first kappa shape index (κ1) is 14.8. The van der Waals surface area contributed by atoms with Crippen LogP contribution in [0.4, 0.5) is 0 Å². The molecule has 106 valence electrons. The van der Waals surface area contributed by atoms with Crippen LogP contribution in [0.3, 0.4) is 0 Å². The maximum atomic E-state index is 6.28. The molecule has 0 bridgehead atoms. The van der Waals surface area contributed by atoms with Crippen molar-refractivity contribution in [3.8, 4) is 0 Å². The van der Waals surface area contributed by atoms with E-state index in [4.69, 9.17) is 16.3 Å². The zero-order valence-corrected chi connectivity index (χ0v) is 12.5. The molecule has 0 radical (unpaired) electrons. The molecule has 1 fully saturated rings. The predicted octanol–water partition coefficient (Wildman–Crippen LogP) is 4.12. The number of benzene rings is 1. The fourth-order valence-corrected chi connectivity index (χ4v) is 3.03. The number of hydrogen-bond acceptors (Lipinski definition) is 2. The molecule has 0 saturated heterocycles. The average Bonchev–Trinajstić information content (AvgIpc) is 2.94. The fraction of sp³-hybridized carbons (Fsp3) is 0.625. The first-order chi connectivity index (χ1) is 9.31. The Morgan fingerprint density at radius 1 is 1.26 bits per heavy atom. The van der Waals surface area contributed by atoms with Crippen LogP contribution in [0.5, 0.6) is 0 Å². The van der Waals surface area contributed by atoms with E-state index in [1.165, 1.54) is 31.2 Å². The summed E-state index contributed by atoms with van der Waals surface area (Å²) >= 11 is 6.28. The second kappa shape index (κ2) is 7.88. The predicted molar refractivity (Wildman–Crippen MR) is 80.6 cm³/mol. The van der Waals surface area contributed by atoms with Gasteiger partial charge in [0.25, 0.3) is 0 Å². The lowest BCUT2D eigenvalue weighted by Crippen LogP contribution is -2.35. The number of ether oxygens (including phenoxy) is 1. The minimum Gasteiger partial charge on any atom is -0.380 e. The lowest BCUT2D eigenvalue weighted by Gasteiger charge is -2.29. The first-order valence-corrected chi connectivity index (χ1v) is 7.74. The summed E-state index contributed by atoms with van der Waals surface area (Å²) in [5, 5.41) is 0.877. The van der Waals surface area contributed by atoms with Crippen molar-refractivity contribution in [2.24, 2.45) is 0 Å². The molecular formula is C16H24ClNO. The van der Waals surface area contributed by atoms with E-state index in [2.05, 4.69) is 17.0 Å². The van der Waals surface area contributed by atoms with Crippen molar-refractivity contribution in [2.75, 3.05) is 19.8 Å². The van der Waals surface area contributed by atoms with Gasteiger partial charge in [-0.1, -0.05) is 42.6 Å². The van der Waals surface area contributed by atoms with Crippen LogP contribution in [0, 0.1) is 0 Å². The smallest absolute Gasteiger partial charge is 0.0593 e. The molecule has 2 nitrogen and oxygen atoms in total. The van der Waals surface area contributed by atoms with Crippen molar-refractivity contribution in [3.63, 3.8) is 0 Å². The maximum absolute atomic E-state index is 6.28. The van der Waals surface area contributed by atoms with Crippen LogP contribution in [0.2, 0.25) is 5.02 Å². The van der Waals surface area contributed by atoms with E-state index in [-0.39, 0.29) is 0 Å². The molecule has 3 heteroatoms. The van der Waals surface area contributed by atoms with Crippen molar-refractivity contribution in [1.82, 2.24) is 4.90 Å². The normalized spacial score (nSPS) is 16.4. The van der Waals surface area contributed by atoms with Gasteiger partial charge in [0.05, 0.1) is 6.61 Å². The molecule has 0 amide bonds. The molecule has 0 atom stereocenters. The molecule has 0 heterocycles. The molecule has 1 saturated carbocycles. The fourth-order valence-electron chi connectivity index (χ4n) is 2.83. The highest BCUT2D eigenvalue weighted by atomic mass is 35.5. The molecule has 0 aliphatic heterocycles. The van der Waals surface area contributed by atoms with Gasteiger partial charge in [-0.25, -0.2) is 0 Å². The minimum absolute atomic E-state index is 0.705. The highest BCUT2D eigenvalue weighted by Crippen LogP contribution is 2.26. The average molecular weight is 282 g/mol. The Kier molecular flexibility index (Phi) is 6.15. The Morgan fingerprint density at radius 2 is 2.00 bits per heavy atom. The Labute approximate surface area is 121 Å². The van der Waals surface area contributed by atoms with Gasteiger partial charge in [0.1, 0.15) is 0 Å². The number of hydrogen-bond donors (Lipinski definition) is 0. The monoisotopic (exact) mass is 281 g/mol. The molecule has 0 N–H and O–H groups in total. The van der Waals surface area contributed by atoms with E-state index in [1.807, 2.05) is 19.1 Å². The van der Waals surface area contributed by atoms with Crippen LogP contribution in [0.25, 0.3) is 0 Å². The Morgan fingerprint density at radius 3 is 2.68 bits per heavy atom. The van der Waals surface area contributed by atoms with Crippen molar-refractivity contribution >= 4 is 11.6 Å². The van der Waals surface area contributed by atoms with Crippen molar-refractivity contribution in [1.29, 1.82) is 0 Å². The van der Waals surface area contributed by atoms with E-state index in [9.17, 15) is 0 Å². The summed E-state index contributed by atoms with van der Waals surface area (Å²) in [7, 11) is 0. The minimum atomic E-state index is 0.705. The highest BCUT2D eigenvalue weighted by Gasteiger charge is 2.22. The van der Waals surface area contributed by atoms with Crippen molar-refractivity contribution in [3.05, 3.63) is 34.9 Å². The van der Waals surface area contributed by atoms with Gasteiger partial charge in [0.15, 0.2) is 0 Å². The molecule has 0 unspecified atom stereocenters. The molecular weight excluding hydrogens is 258 g/mol. The van der Waals surface area contributed by atoms with Crippen LogP contribution < -0.4 is 0 Å². The molecule has 1 aromatic rings. The lowest BCUT2D eigenvalue weighted by atomic mass is 10.1. The second-order valence-electron chi connectivity index (χ2n) is 5.20. The van der Waals surface area contributed by atoms with Gasteiger partial charge in [-0.2, -0.15) is 0 Å². The molecule has 0 spiro atoms. The van der Waals surface area contributed by atoms with Gasteiger partial charge in [-0.3, -0.25) is 4.90 Å². The second-order valence-corrected chi connectivity index (χ2v) is 5.60. The van der Waals surface area contributed by atoms with E-state index >= 15 is 0 Å². The highest BCUT2D eigenvalue weighted by molar-refractivity contribution is 6.31. The van der Waals surface area contributed by atoms with Crippen LogP contribution in [-0.4, -0.2) is 30.7 Å². The van der Waals surface area contributed by atoms with E-state index in [1.54, 1.807) is 0 Å². The molecule has 1 aliphatic carbocycles. The number of halogens is 1. The van der Waals surface area contributed by atoms with E-state index < -0.39 is 0 Å². The van der Waals surface area contributed by atoms with Crippen LogP contribution in [-0.2, 0) is 11.3 Å². The summed E-state index contributed by atoms with van der Waals surface area (Å²) in [4.78, 5) is 2.55. The molecule has 0 aromatic heterocycles. The first-order valence-electron chi connectivity index (χ1n) is 7.36. The summed E-state index contributed by atoms with van der Waals surface area (Å²) in [6, 6.07) is 8.87. The topological polar surface area (TPSA) is 12.5 Å². The van der Waals surface area contributed by atoms with Crippen LogP contribution >= 0.6 is 11.6 Å². The summed E-state index contributed by atoms with van der Waals surface area (Å²) in [6.07, 6.45) is 5.35. The number of nitrogens with zero attached hydrogens (tertiary/aromatic N) is 1. The molecule has 19 heavy (non-hydrogen) atoms. The van der Waals surface area contributed by atoms with Gasteiger partial charge >= 0.3 is 0 Å². The van der Waals surface area contributed by atoms with Gasteiger partial charge < -0.3 is 4.74 Å². The number of rotatable bonds is 7. The summed E-state index contributed by atoms with van der Waals surface area (Å²) in [5.74, 6) is 0. The third-order valence-electron chi connectivity index (χ3n) is 3.90. The quantitative estimate of drug-likeness (QED) is 0.697. The third-order valence-corrected chi connectivity index (χ3v) is 4.27. The third kappa shape index (κ3) is 4.48. The SMILES string of the molecule is CCOCCN(Cc1ccccc1Cl)C1CCCC1. The zero-order chi connectivity index (χ0) is 13.5. The van der Waals surface area contributed by atoms with E-state index in [0.717, 1.165) is 31.3 Å². The van der Waals surface area contributed by atoms with Crippen molar-refractivity contribution < 1.29 is 4.74 Å². The Hall–Kier alpha value is -0.570. The van der Waals surface area contributed by atoms with Crippen LogP contribution in [0.1, 0.15) is 38.2 Å². The summed E-state index contributed by atoms with van der Waals surface area (Å²) in [5.41, 5.74) is 1.23. The Balaban J connectivity index is 1.98. The van der Waals surface area contributed by atoms with Gasteiger partial charge in [-0.05, 0) is 31.4 Å². The zero-order valence-electron chi connectivity index (χ0n) is 11.8. The lowest BCUT2D eigenvalue weighted by molar-refractivity contribution is 0.0908. The van der Waals surface area contributed by atoms with Crippen LogP contribution in [0.15, 0.2) is 24.3 Å². The summed E-state index contributed by atoms with van der Waals surface area (Å²) < 4.78 is 5.52. The largest absolute Gasteiger partial charge is 0.380 e.